The minimum Gasteiger partial charge on any atom is -0.691 e. The van der Waals surface area contributed by atoms with Gasteiger partial charge in [-0.2, -0.15) is 4.33 Å². The van der Waals surface area contributed by atoms with Gasteiger partial charge in [-0.3, -0.25) is 5.04 Å². The summed E-state index contributed by atoms with van der Waals surface area (Å²) < 4.78 is 4.16. The smallest absolute Gasteiger partial charge is 0.691 e. The average molecular weight is 235 g/mol. The van der Waals surface area contributed by atoms with Gasteiger partial charge in [0.25, 0.3) is 0 Å². The summed E-state index contributed by atoms with van der Waals surface area (Å²) in [7, 11) is 0. The molecule has 0 unspecified atom stereocenters. The van der Waals surface area contributed by atoms with Gasteiger partial charge in [-0.25, -0.2) is 6.57 Å². The van der Waals surface area contributed by atoms with E-state index in [0.29, 0.717) is 4.90 Å². The van der Waals surface area contributed by atoms with Crippen molar-refractivity contribution >= 4 is 12.0 Å². The van der Waals surface area contributed by atoms with E-state index in [4.69, 9.17) is 6.57 Å². The van der Waals surface area contributed by atoms with Crippen molar-refractivity contribution in [2.45, 2.75) is 11.4 Å². The van der Waals surface area contributed by atoms with Crippen LogP contribution in [0.1, 0.15) is 5.56 Å². The van der Waals surface area contributed by atoms with Crippen molar-refractivity contribution in [3.8, 4) is 0 Å². The average Bonchev–Trinajstić information content (AvgIpc) is 2.17. The Bertz CT molecular complexity index is 316. The van der Waals surface area contributed by atoms with Gasteiger partial charge < -0.3 is 10.1 Å². The minimum atomic E-state index is 0. The topological polar surface area (TPSA) is 45.9 Å². The third-order valence-electron chi connectivity index (χ3n) is 1.37. The number of hydrogen-bond donors (Lipinski definition) is 0. The molecule has 0 saturated carbocycles. The van der Waals surface area contributed by atoms with Crippen LogP contribution < -0.4 is 56.6 Å². The van der Waals surface area contributed by atoms with E-state index in [9.17, 15) is 5.26 Å². The number of nitrogens with zero attached hydrogens (tertiary/aromatic N) is 1. The Morgan fingerprint density at radius 1 is 1.43 bits per heavy atom. The van der Waals surface area contributed by atoms with Crippen molar-refractivity contribution in [2.75, 3.05) is 0 Å². The van der Waals surface area contributed by atoms with Gasteiger partial charge in [0.15, 0.2) is 0 Å². The molecule has 0 aliphatic heterocycles. The molecule has 0 aromatic heterocycles. The van der Waals surface area contributed by atoms with Crippen molar-refractivity contribution in [1.29, 1.82) is 0 Å². The molecule has 1 aromatic carbocycles. The molecule has 0 fully saturated rings. The Labute approximate surface area is 129 Å². The van der Waals surface area contributed by atoms with Crippen molar-refractivity contribution < 1.29 is 66.0 Å². The fourth-order valence-corrected chi connectivity index (χ4v) is 1.33. The van der Waals surface area contributed by atoms with Gasteiger partial charge in [0.1, 0.15) is 0 Å². The van der Waals surface area contributed by atoms with E-state index in [1.54, 1.807) is 18.2 Å². The molecule has 4 nitrogen and oxygen atoms in total. The van der Waals surface area contributed by atoms with Gasteiger partial charge in [-0.1, -0.05) is 18.2 Å². The van der Waals surface area contributed by atoms with E-state index >= 15 is 0 Å². The maximum absolute atomic E-state index is 9.57. The first-order chi connectivity index (χ1) is 6.38. The predicted molar refractivity (Wildman–Crippen MR) is 44.8 cm³/mol. The Kier molecular flexibility index (Phi) is 9.21. The number of hydrogen-bond acceptors (Lipinski definition) is 4. The zero-order valence-corrected chi connectivity index (χ0v) is 11.5. The van der Waals surface area contributed by atoms with Crippen molar-refractivity contribution in [3.05, 3.63) is 41.2 Å². The molecule has 6 heteroatoms. The van der Waals surface area contributed by atoms with Crippen LogP contribution in [-0.2, 0) is 15.9 Å². The van der Waals surface area contributed by atoms with Crippen LogP contribution in [-0.4, -0.2) is 0 Å². The summed E-state index contributed by atoms with van der Waals surface area (Å²) in [4.78, 5) is 3.95. The summed E-state index contributed by atoms with van der Waals surface area (Å²) >= 11 is 0.809. The second-order valence-corrected chi connectivity index (χ2v) is 2.89. The van der Waals surface area contributed by atoms with E-state index in [0.717, 1.165) is 17.6 Å². The van der Waals surface area contributed by atoms with Crippen LogP contribution in [0.25, 0.3) is 4.85 Å². The Hall–Kier alpha value is 0.576. The largest absolute Gasteiger partial charge is 1.00 e. The predicted octanol–water partition coefficient (Wildman–Crippen LogP) is -1.66. The summed E-state index contributed by atoms with van der Waals surface area (Å²) in [5.41, 5.74) is 0.819. The van der Waals surface area contributed by atoms with Crippen LogP contribution in [0.3, 0.4) is 0 Å². The van der Waals surface area contributed by atoms with Crippen molar-refractivity contribution in [1.82, 2.24) is 0 Å². The molecule has 0 aliphatic rings. The minimum absolute atomic E-state index is 0. The zero-order valence-electron chi connectivity index (χ0n) is 7.60. The van der Waals surface area contributed by atoms with E-state index in [-0.39, 0.29) is 57.9 Å². The van der Waals surface area contributed by atoms with Crippen LogP contribution >= 0.6 is 12.0 Å². The van der Waals surface area contributed by atoms with E-state index in [1.807, 2.05) is 6.07 Å². The second kappa shape index (κ2) is 8.85. The fourth-order valence-electron chi connectivity index (χ4n) is 0.851. The summed E-state index contributed by atoms with van der Waals surface area (Å²) in [5.74, 6) is 0. The molecule has 14 heavy (non-hydrogen) atoms. The van der Waals surface area contributed by atoms with Crippen LogP contribution in [0.2, 0.25) is 0 Å². The third-order valence-corrected chi connectivity index (χ3v) is 2.08. The standard InChI is InChI=1S/C8H7NO3S.K/c1-9-6-7-4-2-3-5-8(7)13-12-11-10;/h2-5,10H,6H2;/q;+1/p-1. The third kappa shape index (κ3) is 4.88. The first kappa shape index (κ1) is 14.6. The summed E-state index contributed by atoms with van der Waals surface area (Å²) in [6, 6.07) is 7.17. The van der Waals surface area contributed by atoms with Crippen molar-refractivity contribution in [2.24, 2.45) is 0 Å². The molecule has 0 amide bonds. The number of rotatable bonds is 4. The Morgan fingerprint density at radius 3 is 2.79 bits per heavy atom. The first-order valence-electron chi connectivity index (χ1n) is 3.42. The maximum Gasteiger partial charge on any atom is 1.00 e. The molecule has 1 rings (SSSR count). The van der Waals surface area contributed by atoms with Gasteiger partial charge in [0.2, 0.25) is 6.54 Å². The van der Waals surface area contributed by atoms with E-state index in [2.05, 4.69) is 14.2 Å². The molecule has 0 bridgehead atoms. The molecule has 68 valence electrons. The SMILES string of the molecule is [C-]#[N+]Cc1ccccc1SOO[O-].[K+]. The molecular formula is C8H6KNO3S. The monoisotopic (exact) mass is 235 g/mol. The molecule has 0 atom stereocenters. The van der Waals surface area contributed by atoms with E-state index < -0.39 is 0 Å². The second-order valence-electron chi connectivity index (χ2n) is 2.14. The van der Waals surface area contributed by atoms with Crippen LogP contribution in [0.5, 0.6) is 0 Å². The van der Waals surface area contributed by atoms with Gasteiger partial charge in [0.05, 0.1) is 12.0 Å². The molecule has 1 aromatic rings. The van der Waals surface area contributed by atoms with Crippen LogP contribution in [0.4, 0.5) is 0 Å². The molecule has 0 saturated heterocycles. The summed E-state index contributed by atoms with van der Waals surface area (Å²) in [5, 5.41) is 12.8. The van der Waals surface area contributed by atoms with Gasteiger partial charge in [0, 0.05) is 10.5 Å². The quantitative estimate of drug-likeness (QED) is 0.206. The zero-order chi connectivity index (χ0) is 9.52. The van der Waals surface area contributed by atoms with E-state index in [1.165, 1.54) is 0 Å². The van der Waals surface area contributed by atoms with Crippen LogP contribution in [0.15, 0.2) is 29.2 Å². The molecule has 0 heterocycles. The van der Waals surface area contributed by atoms with Gasteiger partial charge in [-0.15, -0.1) is 0 Å². The Morgan fingerprint density at radius 2 is 2.14 bits per heavy atom. The fraction of sp³-hybridized carbons (Fsp3) is 0.125. The maximum atomic E-state index is 9.57. The molecule has 0 radical (unpaired) electrons. The summed E-state index contributed by atoms with van der Waals surface area (Å²) in [6.45, 7) is 6.97. The summed E-state index contributed by atoms with van der Waals surface area (Å²) in [6.07, 6.45) is 0. The first-order valence-corrected chi connectivity index (χ1v) is 4.17. The normalized spacial score (nSPS) is 8.86. The number of benzene rings is 1. The van der Waals surface area contributed by atoms with Crippen molar-refractivity contribution in [3.63, 3.8) is 0 Å². The van der Waals surface area contributed by atoms with Gasteiger partial charge in [-0.05, 0) is 6.07 Å². The molecular weight excluding hydrogens is 229 g/mol. The van der Waals surface area contributed by atoms with Gasteiger partial charge >= 0.3 is 51.4 Å². The molecule has 0 aliphatic carbocycles. The molecule has 0 spiro atoms. The Balaban J connectivity index is 0.00000169. The molecule has 0 N–H and O–H groups in total. The van der Waals surface area contributed by atoms with Crippen LogP contribution in [0, 0.1) is 6.57 Å².